The lowest BCUT2D eigenvalue weighted by Gasteiger charge is -2.17. The van der Waals surface area contributed by atoms with Crippen LogP contribution in [0.2, 0.25) is 0 Å². The minimum atomic E-state index is -0.456. The molecule has 0 unspecified atom stereocenters. The van der Waals surface area contributed by atoms with E-state index in [0.717, 1.165) is 32.1 Å². The molecule has 1 fully saturated rings. The maximum absolute atomic E-state index is 11.4. The summed E-state index contributed by atoms with van der Waals surface area (Å²) in [7, 11) is 0. The van der Waals surface area contributed by atoms with Crippen LogP contribution < -0.4 is 0 Å². The van der Waals surface area contributed by atoms with Crippen LogP contribution in [0.3, 0.4) is 0 Å². The number of hydrogen-bond acceptors (Lipinski definition) is 5. The van der Waals surface area contributed by atoms with Crippen molar-refractivity contribution in [3.05, 3.63) is 24.8 Å². The summed E-state index contributed by atoms with van der Waals surface area (Å²) in [6, 6.07) is 0. The van der Waals surface area contributed by atoms with Crippen molar-refractivity contribution >= 4 is 11.9 Å². The van der Waals surface area contributed by atoms with Gasteiger partial charge in [0.2, 0.25) is 0 Å². The van der Waals surface area contributed by atoms with Crippen molar-refractivity contribution in [3.8, 4) is 0 Å². The summed E-state index contributed by atoms with van der Waals surface area (Å²) in [6.07, 6.45) is 9.41. The summed E-state index contributed by atoms with van der Waals surface area (Å²) in [5.74, 6) is -0.461. The van der Waals surface area contributed by atoms with Crippen molar-refractivity contribution in [1.29, 1.82) is 0 Å². The third-order valence-electron chi connectivity index (χ3n) is 4.44. The second-order valence-electron chi connectivity index (χ2n) is 6.76. The van der Waals surface area contributed by atoms with E-state index < -0.39 is 12.2 Å². The van der Waals surface area contributed by atoms with Crippen LogP contribution in [0.15, 0.2) is 24.8 Å². The lowest BCUT2D eigenvalue weighted by atomic mass is 10.1. The van der Waals surface area contributed by atoms with Crippen LogP contribution in [0.4, 0.5) is 0 Å². The number of aliphatic hydroxyl groups excluding tert-OH is 1. The molecule has 25 heavy (non-hydrogen) atoms. The van der Waals surface area contributed by atoms with E-state index in [2.05, 4.69) is 13.5 Å². The van der Waals surface area contributed by atoms with Gasteiger partial charge in [-0.15, -0.1) is 6.58 Å². The molecule has 1 N–H and O–H groups in total. The molecule has 5 atom stereocenters. The molecule has 0 radical (unpaired) electrons. The van der Waals surface area contributed by atoms with E-state index in [0.29, 0.717) is 6.42 Å². The number of aliphatic hydroxyl groups is 1. The molecule has 0 spiro atoms. The first kappa shape index (κ1) is 21.4. The fourth-order valence-electron chi connectivity index (χ4n) is 3.10. The second-order valence-corrected chi connectivity index (χ2v) is 6.76. The van der Waals surface area contributed by atoms with E-state index in [9.17, 15) is 14.7 Å². The molecule has 0 saturated heterocycles. The van der Waals surface area contributed by atoms with Crippen molar-refractivity contribution in [2.24, 2.45) is 11.8 Å². The SMILES string of the molecule is C=CC[C@H](O)[C@@H]1C[C@H]1[C@@H](/C=C/[C@@H](CCCCC)OC(C)=O)OC(C)=O. The van der Waals surface area contributed by atoms with Crippen LogP contribution in [0.1, 0.15) is 59.3 Å². The Bertz CT molecular complexity index is 471. The number of esters is 2. The van der Waals surface area contributed by atoms with E-state index in [4.69, 9.17) is 9.47 Å². The summed E-state index contributed by atoms with van der Waals surface area (Å²) < 4.78 is 10.7. The van der Waals surface area contributed by atoms with Crippen LogP contribution >= 0.6 is 0 Å². The number of ether oxygens (including phenoxy) is 2. The van der Waals surface area contributed by atoms with Crippen LogP contribution in [0.5, 0.6) is 0 Å². The number of unbranched alkanes of at least 4 members (excludes halogenated alkanes) is 2. The van der Waals surface area contributed by atoms with E-state index in [1.165, 1.54) is 13.8 Å². The molecule has 0 aromatic rings. The predicted octanol–water partition coefficient (Wildman–Crippen LogP) is 3.56. The van der Waals surface area contributed by atoms with Gasteiger partial charge in [-0.3, -0.25) is 9.59 Å². The highest BCUT2D eigenvalue weighted by Gasteiger charge is 2.47. The molecule has 0 aromatic carbocycles. The smallest absolute Gasteiger partial charge is 0.303 e. The Morgan fingerprint density at radius 2 is 1.84 bits per heavy atom. The number of carbonyl (C=O) groups excluding carboxylic acids is 2. The third-order valence-corrected chi connectivity index (χ3v) is 4.44. The average molecular weight is 352 g/mol. The van der Waals surface area contributed by atoms with Crippen molar-refractivity contribution in [1.82, 2.24) is 0 Å². The number of rotatable bonds is 12. The van der Waals surface area contributed by atoms with Gasteiger partial charge in [0.1, 0.15) is 12.2 Å². The maximum atomic E-state index is 11.4. The Morgan fingerprint density at radius 3 is 2.40 bits per heavy atom. The summed E-state index contributed by atoms with van der Waals surface area (Å²) in [6.45, 7) is 8.54. The van der Waals surface area contributed by atoms with Gasteiger partial charge in [-0.1, -0.05) is 25.8 Å². The highest BCUT2D eigenvalue weighted by atomic mass is 16.5. The molecule has 1 rings (SSSR count). The molecule has 5 heteroatoms. The Kier molecular flexibility index (Phi) is 9.50. The molecule has 0 bridgehead atoms. The standard InChI is InChI=1S/C20H32O5/c1-5-7-8-10-16(24-14(3)21)11-12-20(25-15(4)22)18-13-17(18)19(23)9-6-2/h6,11-12,16-20,23H,2,5,7-10,13H2,1,3-4H3/b12-11+/t16-,17-,18-,19+,20-/m1/s1. The number of carbonyl (C=O) groups is 2. The molecule has 0 amide bonds. The van der Waals surface area contributed by atoms with Crippen molar-refractivity contribution in [2.45, 2.75) is 77.6 Å². The first-order chi connectivity index (χ1) is 11.9. The van der Waals surface area contributed by atoms with E-state index in [-0.39, 0.29) is 29.9 Å². The summed E-state index contributed by atoms with van der Waals surface area (Å²) >= 11 is 0. The van der Waals surface area contributed by atoms with Gasteiger partial charge in [0.15, 0.2) is 0 Å². The highest BCUT2D eigenvalue weighted by molar-refractivity contribution is 5.67. The van der Waals surface area contributed by atoms with Gasteiger partial charge >= 0.3 is 11.9 Å². The lowest BCUT2D eigenvalue weighted by molar-refractivity contribution is -0.146. The average Bonchev–Trinajstić information content (AvgIpc) is 3.31. The van der Waals surface area contributed by atoms with Gasteiger partial charge < -0.3 is 14.6 Å². The van der Waals surface area contributed by atoms with Gasteiger partial charge in [-0.05, 0) is 43.8 Å². The van der Waals surface area contributed by atoms with Crippen LogP contribution in [0, 0.1) is 11.8 Å². The van der Waals surface area contributed by atoms with E-state index >= 15 is 0 Å². The zero-order valence-corrected chi connectivity index (χ0v) is 15.6. The number of hydrogen-bond donors (Lipinski definition) is 1. The normalized spacial score (nSPS) is 22.9. The molecule has 142 valence electrons. The van der Waals surface area contributed by atoms with Crippen molar-refractivity contribution < 1.29 is 24.2 Å². The Labute approximate surface area is 151 Å². The molecule has 1 aliphatic rings. The summed E-state index contributed by atoms with van der Waals surface area (Å²) in [5, 5.41) is 10.1. The molecule has 0 aliphatic heterocycles. The van der Waals surface area contributed by atoms with Crippen LogP contribution in [0.25, 0.3) is 0 Å². The largest absolute Gasteiger partial charge is 0.458 e. The Morgan fingerprint density at radius 1 is 1.16 bits per heavy atom. The summed E-state index contributed by atoms with van der Waals surface area (Å²) in [4.78, 5) is 22.7. The predicted molar refractivity (Wildman–Crippen MR) is 96.8 cm³/mol. The second kappa shape index (κ2) is 11.1. The van der Waals surface area contributed by atoms with Gasteiger partial charge in [0, 0.05) is 19.8 Å². The fraction of sp³-hybridized carbons (Fsp3) is 0.700. The quantitative estimate of drug-likeness (QED) is 0.330. The first-order valence-electron chi connectivity index (χ1n) is 9.20. The topological polar surface area (TPSA) is 72.8 Å². The van der Waals surface area contributed by atoms with Gasteiger partial charge in [0.05, 0.1) is 6.10 Å². The summed E-state index contributed by atoms with van der Waals surface area (Å²) in [5.41, 5.74) is 0. The van der Waals surface area contributed by atoms with Crippen molar-refractivity contribution in [3.63, 3.8) is 0 Å². The van der Waals surface area contributed by atoms with Crippen LogP contribution in [-0.2, 0) is 19.1 Å². The Balaban J connectivity index is 2.70. The highest BCUT2D eigenvalue weighted by Crippen LogP contribution is 2.46. The fourth-order valence-corrected chi connectivity index (χ4v) is 3.10. The molecule has 0 aromatic heterocycles. The molecule has 0 heterocycles. The molecule has 1 saturated carbocycles. The zero-order chi connectivity index (χ0) is 18.8. The van der Waals surface area contributed by atoms with E-state index in [1.54, 1.807) is 6.08 Å². The van der Waals surface area contributed by atoms with Crippen molar-refractivity contribution in [2.75, 3.05) is 0 Å². The molecule has 1 aliphatic carbocycles. The Hall–Kier alpha value is -1.62. The first-order valence-corrected chi connectivity index (χ1v) is 9.20. The third kappa shape index (κ3) is 8.34. The molecule has 5 nitrogen and oxygen atoms in total. The lowest BCUT2D eigenvalue weighted by Crippen LogP contribution is -2.21. The molecular weight excluding hydrogens is 320 g/mol. The zero-order valence-electron chi connectivity index (χ0n) is 15.6. The minimum Gasteiger partial charge on any atom is -0.458 e. The maximum Gasteiger partial charge on any atom is 0.303 e. The molecular formula is C20H32O5. The monoisotopic (exact) mass is 352 g/mol. The van der Waals surface area contributed by atoms with Gasteiger partial charge in [0.25, 0.3) is 0 Å². The van der Waals surface area contributed by atoms with Crippen LogP contribution in [-0.4, -0.2) is 35.4 Å². The van der Waals surface area contributed by atoms with Gasteiger partial charge in [-0.2, -0.15) is 0 Å². The van der Waals surface area contributed by atoms with Gasteiger partial charge in [-0.25, -0.2) is 0 Å². The minimum absolute atomic E-state index is 0.101. The van der Waals surface area contributed by atoms with E-state index in [1.807, 2.05) is 12.2 Å².